The van der Waals surface area contributed by atoms with Crippen LogP contribution < -0.4 is 11.1 Å². The van der Waals surface area contributed by atoms with E-state index in [1.807, 2.05) is 0 Å². The molecule has 0 aromatic heterocycles. The van der Waals surface area contributed by atoms with Crippen LogP contribution in [0.5, 0.6) is 0 Å². The zero-order valence-corrected chi connectivity index (χ0v) is 10.2. The molecule has 0 heterocycles. The van der Waals surface area contributed by atoms with Gasteiger partial charge < -0.3 is 15.8 Å². The molecule has 3 N–H and O–H groups in total. The Hall–Kier alpha value is -0.530. The van der Waals surface area contributed by atoms with Gasteiger partial charge in [-0.2, -0.15) is 13.2 Å². The minimum absolute atomic E-state index is 0. The molecule has 0 aromatic rings. The van der Waals surface area contributed by atoms with Gasteiger partial charge in [0.25, 0.3) is 0 Å². The lowest BCUT2D eigenvalue weighted by molar-refractivity contribution is -0.175. The number of nitrogens with two attached hydrogens (primary N) is 1. The van der Waals surface area contributed by atoms with Crippen molar-refractivity contribution in [3.63, 3.8) is 0 Å². The third-order valence-electron chi connectivity index (χ3n) is 2.25. The Bertz CT molecular complexity index is 269. The van der Waals surface area contributed by atoms with Gasteiger partial charge in [0.15, 0.2) is 0 Å². The van der Waals surface area contributed by atoms with E-state index >= 15 is 0 Å². The van der Waals surface area contributed by atoms with E-state index in [4.69, 9.17) is 5.73 Å². The molecule has 1 unspecified atom stereocenters. The third-order valence-corrected chi connectivity index (χ3v) is 2.25. The summed E-state index contributed by atoms with van der Waals surface area (Å²) < 4.78 is 39.6. The summed E-state index contributed by atoms with van der Waals surface area (Å²) in [5.41, 5.74) is 4.80. The quantitative estimate of drug-likeness (QED) is 0.787. The number of ether oxygens (including phenoxy) is 1. The van der Waals surface area contributed by atoms with E-state index in [2.05, 4.69) is 10.1 Å². The highest BCUT2D eigenvalue weighted by Crippen LogP contribution is 2.32. The van der Waals surface area contributed by atoms with Crippen LogP contribution in [0, 0.1) is 0 Å². The molecule has 1 atom stereocenters. The fourth-order valence-electron chi connectivity index (χ4n) is 1.12. The normalized spacial score (nSPS) is 19.1. The molecule has 1 saturated carbocycles. The van der Waals surface area contributed by atoms with Gasteiger partial charge in [0.05, 0.1) is 12.1 Å². The molecule has 0 spiro atoms. The van der Waals surface area contributed by atoms with Crippen molar-refractivity contribution in [3.8, 4) is 0 Å². The number of rotatable bonds is 5. The van der Waals surface area contributed by atoms with Gasteiger partial charge in [-0.25, -0.2) is 0 Å². The van der Waals surface area contributed by atoms with Crippen LogP contribution in [-0.2, 0) is 9.53 Å². The topological polar surface area (TPSA) is 64.3 Å². The summed E-state index contributed by atoms with van der Waals surface area (Å²) in [5, 5.41) is 2.51. The molecular formula is C9H16ClF3N2O2. The van der Waals surface area contributed by atoms with Gasteiger partial charge in [0.1, 0.15) is 6.61 Å². The molecule has 1 aliphatic carbocycles. The number of carbonyl (C=O) groups excluding carboxylic acids is 1. The van der Waals surface area contributed by atoms with Crippen molar-refractivity contribution in [2.45, 2.75) is 37.5 Å². The Morgan fingerprint density at radius 1 is 1.53 bits per heavy atom. The minimum Gasteiger partial charge on any atom is -0.370 e. The maximum absolute atomic E-state index is 11.7. The van der Waals surface area contributed by atoms with Crippen molar-refractivity contribution in [1.82, 2.24) is 5.32 Å². The highest BCUT2D eigenvalue weighted by atomic mass is 35.5. The van der Waals surface area contributed by atoms with Gasteiger partial charge in [0.2, 0.25) is 5.91 Å². The van der Waals surface area contributed by atoms with E-state index in [1.165, 1.54) is 0 Å². The second-order valence-corrected chi connectivity index (χ2v) is 4.16. The minimum atomic E-state index is -4.34. The van der Waals surface area contributed by atoms with E-state index in [9.17, 15) is 18.0 Å². The molecule has 0 aliphatic heterocycles. The summed E-state index contributed by atoms with van der Waals surface area (Å²) in [4.78, 5) is 11.4. The zero-order chi connectivity index (χ0) is 12.4. The van der Waals surface area contributed by atoms with Gasteiger partial charge in [-0.05, 0) is 19.8 Å². The van der Waals surface area contributed by atoms with Crippen molar-refractivity contribution in [2.75, 3.05) is 13.2 Å². The van der Waals surface area contributed by atoms with Crippen LogP contribution in [0.3, 0.4) is 0 Å². The summed E-state index contributed by atoms with van der Waals surface area (Å²) in [6.45, 7) is 0.0856. The first kappa shape index (κ1) is 16.5. The number of alkyl halides is 3. The molecule has 1 amide bonds. The number of hydrogen-bond donors (Lipinski definition) is 2. The lowest BCUT2D eigenvalue weighted by Gasteiger charge is -2.17. The van der Waals surface area contributed by atoms with Crippen molar-refractivity contribution in [3.05, 3.63) is 0 Å². The largest absolute Gasteiger partial charge is 0.411 e. The highest BCUT2D eigenvalue weighted by Gasteiger charge is 2.46. The monoisotopic (exact) mass is 276 g/mol. The summed E-state index contributed by atoms with van der Waals surface area (Å²) in [5.74, 6) is -0.324. The average molecular weight is 277 g/mol. The van der Waals surface area contributed by atoms with Crippen LogP contribution in [-0.4, -0.2) is 36.9 Å². The fourth-order valence-corrected chi connectivity index (χ4v) is 1.12. The number of amides is 1. The Balaban J connectivity index is 0.00000256. The Morgan fingerprint density at radius 2 is 2.06 bits per heavy atom. The third kappa shape index (κ3) is 6.09. The Morgan fingerprint density at radius 3 is 2.47 bits per heavy atom. The van der Waals surface area contributed by atoms with Crippen LogP contribution in [0.1, 0.15) is 19.8 Å². The van der Waals surface area contributed by atoms with E-state index in [-0.39, 0.29) is 24.9 Å². The summed E-state index contributed by atoms with van der Waals surface area (Å²) in [6, 6.07) is -0.476. The van der Waals surface area contributed by atoms with Crippen molar-refractivity contribution in [2.24, 2.45) is 5.73 Å². The van der Waals surface area contributed by atoms with Gasteiger partial charge in [-0.3, -0.25) is 4.79 Å². The van der Waals surface area contributed by atoms with Crippen molar-refractivity contribution < 1.29 is 22.7 Å². The van der Waals surface area contributed by atoms with Crippen LogP contribution in [0.15, 0.2) is 0 Å². The molecule has 0 bridgehead atoms. The van der Waals surface area contributed by atoms with Gasteiger partial charge >= 0.3 is 6.18 Å². The molecular weight excluding hydrogens is 261 g/mol. The van der Waals surface area contributed by atoms with Crippen molar-refractivity contribution in [1.29, 1.82) is 0 Å². The number of carbonyl (C=O) groups is 1. The second-order valence-electron chi connectivity index (χ2n) is 4.16. The first-order chi connectivity index (χ1) is 7.23. The van der Waals surface area contributed by atoms with Crippen molar-refractivity contribution >= 4 is 18.3 Å². The van der Waals surface area contributed by atoms with Crippen LogP contribution in [0.4, 0.5) is 13.2 Å². The smallest absolute Gasteiger partial charge is 0.370 e. The van der Waals surface area contributed by atoms with Crippen LogP contribution in [0.25, 0.3) is 0 Å². The molecule has 1 fully saturated rings. The lowest BCUT2D eigenvalue weighted by atomic mass is 10.2. The summed E-state index contributed by atoms with van der Waals surface area (Å²) in [6.07, 6.45) is -3.10. The zero-order valence-electron chi connectivity index (χ0n) is 9.34. The maximum Gasteiger partial charge on any atom is 0.411 e. The van der Waals surface area contributed by atoms with E-state index < -0.39 is 24.4 Å². The van der Waals surface area contributed by atoms with E-state index in [0.717, 1.165) is 0 Å². The number of halogens is 4. The summed E-state index contributed by atoms with van der Waals surface area (Å²) >= 11 is 0. The van der Waals surface area contributed by atoms with E-state index in [0.29, 0.717) is 12.8 Å². The fraction of sp³-hybridized carbons (Fsp3) is 0.889. The molecule has 0 saturated heterocycles. The average Bonchev–Trinajstić information content (AvgIpc) is 2.82. The molecule has 17 heavy (non-hydrogen) atoms. The molecule has 8 heteroatoms. The van der Waals surface area contributed by atoms with E-state index in [1.54, 1.807) is 6.92 Å². The molecule has 102 valence electrons. The predicted molar refractivity (Wildman–Crippen MR) is 57.9 cm³/mol. The Labute approximate surface area is 103 Å². The molecule has 1 rings (SSSR count). The lowest BCUT2D eigenvalue weighted by Crippen LogP contribution is -2.47. The van der Waals surface area contributed by atoms with Gasteiger partial charge in [-0.15, -0.1) is 12.4 Å². The van der Waals surface area contributed by atoms with Gasteiger partial charge in [-0.1, -0.05) is 0 Å². The molecule has 0 radical (unpaired) electrons. The van der Waals surface area contributed by atoms with Crippen LogP contribution >= 0.6 is 12.4 Å². The second kappa shape index (κ2) is 5.88. The molecule has 0 aromatic carbocycles. The predicted octanol–water partition coefficient (Wildman–Crippen LogP) is 0.983. The highest BCUT2D eigenvalue weighted by molar-refractivity contribution is 5.89. The number of nitrogens with one attached hydrogen (secondary N) is 1. The maximum atomic E-state index is 11.7. The van der Waals surface area contributed by atoms with Crippen LogP contribution in [0.2, 0.25) is 0 Å². The van der Waals surface area contributed by atoms with Gasteiger partial charge in [0, 0.05) is 6.04 Å². The molecule has 4 nitrogen and oxygen atoms in total. The SMILES string of the molecule is CC(COCC(F)(F)F)NC(=O)C1(N)CC1.Cl. The summed E-state index contributed by atoms with van der Waals surface area (Å²) in [7, 11) is 0. The first-order valence-corrected chi connectivity index (χ1v) is 4.97. The molecule has 1 aliphatic rings. The Kier molecular flexibility index (Phi) is 5.70. The standard InChI is InChI=1S/C9H15F3N2O2.ClH/c1-6(4-16-5-9(10,11)12)14-7(15)8(13)2-3-8;/h6H,2-5,13H2,1H3,(H,14,15);1H. The number of hydrogen-bond acceptors (Lipinski definition) is 3. The first-order valence-electron chi connectivity index (χ1n) is 4.97.